The third-order valence-electron chi connectivity index (χ3n) is 4.26. The van der Waals surface area contributed by atoms with Gasteiger partial charge in [-0.2, -0.15) is 0 Å². The van der Waals surface area contributed by atoms with Gasteiger partial charge in [0, 0.05) is 5.56 Å². The highest BCUT2D eigenvalue weighted by Crippen LogP contribution is 2.33. The first kappa shape index (κ1) is 13.0. The van der Waals surface area contributed by atoms with Crippen LogP contribution < -0.4 is 4.57 Å². The molecular weight excluding hydrogens is 268 g/mol. The van der Waals surface area contributed by atoms with Crippen molar-refractivity contribution in [1.29, 1.82) is 0 Å². The third kappa shape index (κ3) is 1.88. The van der Waals surface area contributed by atoms with Crippen LogP contribution in [-0.2, 0) is 7.05 Å². The summed E-state index contributed by atoms with van der Waals surface area (Å²) in [7, 11) is 2.07. The Bertz CT molecular complexity index is 920. The molecular formula is C20H17N2+. The Kier molecular flexibility index (Phi) is 2.90. The van der Waals surface area contributed by atoms with Crippen molar-refractivity contribution in [1.82, 2.24) is 4.98 Å². The van der Waals surface area contributed by atoms with Crippen LogP contribution in [0.5, 0.6) is 0 Å². The largest absolute Gasteiger partial charge is 0.287 e. The zero-order valence-electron chi connectivity index (χ0n) is 12.7. The molecule has 0 N–H and O–H groups in total. The zero-order chi connectivity index (χ0) is 15.1. The van der Waals surface area contributed by atoms with E-state index in [1.807, 2.05) is 12.4 Å². The van der Waals surface area contributed by atoms with Crippen molar-refractivity contribution < 1.29 is 4.57 Å². The van der Waals surface area contributed by atoms with Gasteiger partial charge in [-0.3, -0.25) is 0 Å². The van der Waals surface area contributed by atoms with Gasteiger partial charge in [-0.15, -0.1) is 0 Å². The number of aromatic nitrogens is 2. The number of hydrogen-bond acceptors (Lipinski definition) is 1. The summed E-state index contributed by atoms with van der Waals surface area (Å²) in [6.07, 6.45) is 1.90. The van der Waals surface area contributed by atoms with Crippen molar-refractivity contribution in [3.63, 3.8) is 0 Å². The summed E-state index contributed by atoms with van der Waals surface area (Å²) in [5.74, 6) is 0. The lowest BCUT2D eigenvalue weighted by Crippen LogP contribution is -2.31. The molecule has 0 atom stereocenters. The topological polar surface area (TPSA) is 16.8 Å². The maximum absolute atomic E-state index is 4.54. The van der Waals surface area contributed by atoms with E-state index in [2.05, 4.69) is 78.1 Å². The highest BCUT2D eigenvalue weighted by atomic mass is 15.0. The average Bonchev–Trinajstić information content (AvgIpc) is 2.56. The lowest BCUT2D eigenvalue weighted by Gasteiger charge is -2.12. The standard InChI is InChI=1S/C20H17N2/c1-14-11-12-15-7-3-4-8-16(15)19(14)20-17-9-5-6-10-18(17)21-13-22(20)2/h3-13H,1-2H3/q+1. The fraction of sp³-hybridized carbons (Fsp3) is 0.100. The van der Waals surface area contributed by atoms with Crippen LogP contribution in [0.3, 0.4) is 0 Å². The Morgan fingerprint density at radius 1 is 0.818 bits per heavy atom. The molecule has 0 fully saturated rings. The van der Waals surface area contributed by atoms with E-state index in [1.54, 1.807) is 0 Å². The lowest BCUT2D eigenvalue weighted by molar-refractivity contribution is -0.662. The van der Waals surface area contributed by atoms with Crippen LogP contribution in [0.4, 0.5) is 0 Å². The fourth-order valence-corrected chi connectivity index (χ4v) is 3.19. The molecule has 0 bridgehead atoms. The highest BCUT2D eigenvalue weighted by molar-refractivity contribution is 6.03. The van der Waals surface area contributed by atoms with Gasteiger partial charge in [0.25, 0.3) is 6.33 Å². The SMILES string of the molecule is Cc1ccc2ccccc2c1-c1c2ccccc2nc[n+]1C. The predicted molar refractivity (Wildman–Crippen MR) is 90.6 cm³/mol. The van der Waals surface area contributed by atoms with E-state index >= 15 is 0 Å². The van der Waals surface area contributed by atoms with Crippen molar-refractivity contribution in [2.75, 3.05) is 0 Å². The van der Waals surface area contributed by atoms with Crippen LogP contribution in [0.15, 0.2) is 67.0 Å². The van der Waals surface area contributed by atoms with Gasteiger partial charge >= 0.3 is 0 Å². The Morgan fingerprint density at radius 3 is 2.41 bits per heavy atom. The quantitative estimate of drug-likeness (QED) is 0.479. The number of nitrogens with zero attached hydrogens (tertiary/aromatic N) is 2. The summed E-state index contributed by atoms with van der Waals surface area (Å²) in [4.78, 5) is 4.54. The number of aryl methyl sites for hydroxylation is 2. The molecule has 0 saturated carbocycles. The Labute approximate surface area is 129 Å². The third-order valence-corrected chi connectivity index (χ3v) is 4.26. The van der Waals surface area contributed by atoms with Crippen molar-refractivity contribution in [3.8, 4) is 11.3 Å². The smallest absolute Gasteiger partial charge is 0.232 e. The molecule has 0 aliphatic rings. The first-order chi connectivity index (χ1) is 10.8. The predicted octanol–water partition coefficient (Wildman–Crippen LogP) is 4.19. The number of rotatable bonds is 1. The normalized spacial score (nSPS) is 11.2. The van der Waals surface area contributed by atoms with Crippen molar-refractivity contribution in [2.24, 2.45) is 7.05 Å². The molecule has 106 valence electrons. The van der Waals surface area contributed by atoms with Gasteiger partial charge in [0.1, 0.15) is 5.69 Å². The Hall–Kier alpha value is -2.74. The minimum absolute atomic E-state index is 1.03. The number of para-hydroxylation sites is 1. The van der Waals surface area contributed by atoms with Gasteiger partial charge in [0.2, 0.25) is 0 Å². The minimum atomic E-state index is 1.03. The molecule has 4 aromatic rings. The van der Waals surface area contributed by atoms with Crippen molar-refractivity contribution in [2.45, 2.75) is 6.92 Å². The second-order valence-electron chi connectivity index (χ2n) is 5.70. The molecule has 0 amide bonds. The first-order valence-electron chi connectivity index (χ1n) is 7.48. The monoisotopic (exact) mass is 285 g/mol. The van der Waals surface area contributed by atoms with Gasteiger partial charge in [-0.25, -0.2) is 4.57 Å². The summed E-state index contributed by atoms with van der Waals surface area (Å²) in [6, 6.07) is 21.3. The van der Waals surface area contributed by atoms with Crippen LogP contribution in [0.2, 0.25) is 0 Å². The summed E-state index contributed by atoms with van der Waals surface area (Å²) in [6.45, 7) is 2.18. The van der Waals surface area contributed by atoms with Gasteiger partial charge in [0.15, 0.2) is 5.52 Å². The summed E-state index contributed by atoms with van der Waals surface area (Å²) in [5.41, 5.74) is 4.83. The van der Waals surface area contributed by atoms with Crippen molar-refractivity contribution in [3.05, 3.63) is 72.6 Å². The van der Waals surface area contributed by atoms with E-state index in [0.29, 0.717) is 0 Å². The van der Waals surface area contributed by atoms with E-state index < -0.39 is 0 Å². The molecule has 3 aromatic carbocycles. The van der Waals surface area contributed by atoms with E-state index in [4.69, 9.17) is 0 Å². The van der Waals surface area contributed by atoms with E-state index in [1.165, 1.54) is 33.0 Å². The zero-order valence-corrected chi connectivity index (χ0v) is 12.7. The lowest BCUT2D eigenvalue weighted by atomic mass is 9.95. The molecule has 0 unspecified atom stereocenters. The molecule has 0 radical (unpaired) electrons. The van der Waals surface area contributed by atoms with Gasteiger partial charge < -0.3 is 0 Å². The minimum Gasteiger partial charge on any atom is -0.232 e. The number of fused-ring (bicyclic) bond motifs is 2. The average molecular weight is 285 g/mol. The first-order valence-corrected chi connectivity index (χ1v) is 7.48. The molecule has 0 saturated heterocycles. The second kappa shape index (κ2) is 4.92. The fourth-order valence-electron chi connectivity index (χ4n) is 3.19. The Morgan fingerprint density at radius 2 is 1.55 bits per heavy atom. The van der Waals surface area contributed by atoms with Gasteiger partial charge in [-0.05, 0) is 40.4 Å². The van der Waals surface area contributed by atoms with E-state index in [9.17, 15) is 0 Å². The maximum Gasteiger partial charge on any atom is 0.287 e. The maximum atomic E-state index is 4.54. The number of benzene rings is 3. The molecule has 2 nitrogen and oxygen atoms in total. The molecule has 0 aliphatic carbocycles. The molecule has 1 heterocycles. The van der Waals surface area contributed by atoms with Crippen LogP contribution in [-0.4, -0.2) is 4.98 Å². The van der Waals surface area contributed by atoms with E-state index in [-0.39, 0.29) is 0 Å². The van der Waals surface area contributed by atoms with Crippen LogP contribution >= 0.6 is 0 Å². The van der Waals surface area contributed by atoms with Crippen molar-refractivity contribution >= 4 is 21.7 Å². The highest BCUT2D eigenvalue weighted by Gasteiger charge is 2.18. The van der Waals surface area contributed by atoms with E-state index in [0.717, 1.165) is 5.52 Å². The molecule has 2 heteroatoms. The second-order valence-corrected chi connectivity index (χ2v) is 5.70. The van der Waals surface area contributed by atoms with Crippen LogP contribution in [0.1, 0.15) is 5.56 Å². The van der Waals surface area contributed by atoms with Crippen LogP contribution in [0, 0.1) is 6.92 Å². The molecule has 22 heavy (non-hydrogen) atoms. The molecule has 0 spiro atoms. The summed E-state index contributed by atoms with van der Waals surface area (Å²) < 4.78 is 2.12. The summed E-state index contributed by atoms with van der Waals surface area (Å²) >= 11 is 0. The molecule has 1 aromatic heterocycles. The molecule has 4 rings (SSSR count). The molecule has 0 aliphatic heterocycles. The van der Waals surface area contributed by atoms with Gasteiger partial charge in [-0.1, -0.05) is 48.5 Å². The van der Waals surface area contributed by atoms with Crippen LogP contribution in [0.25, 0.3) is 32.9 Å². The van der Waals surface area contributed by atoms with Gasteiger partial charge in [0.05, 0.1) is 12.4 Å². The summed E-state index contributed by atoms with van der Waals surface area (Å²) in [5, 5.41) is 3.74. The Balaban J connectivity index is 2.21. The number of hydrogen-bond donors (Lipinski definition) is 0.